The van der Waals surface area contributed by atoms with Crippen LogP contribution in [0.1, 0.15) is 5.56 Å². The Labute approximate surface area is 167 Å². The summed E-state index contributed by atoms with van der Waals surface area (Å²) in [4.78, 5) is 17.8. The minimum Gasteiger partial charge on any atom is -0.369 e. The molecule has 1 unspecified atom stereocenters. The molecule has 1 fully saturated rings. The maximum atomic E-state index is 13.0. The highest BCUT2D eigenvalue weighted by Gasteiger charge is 2.31. The Balaban J connectivity index is 1.33. The Morgan fingerprint density at radius 1 is 1.00 bits per heavy atom. The monoisotopic (exact) mass is 404 g/mol. The Kier molecular flexibility index (Phi) is 5.36. The van der Waals surface area contributed by atoms with E-state index in [0.717, 1.165) is 43.4 Å². The van der Waals surface area contributed by atoms with Crippen LogP contribution in [0.5, 0.6) is 0 Å². The molecule has 2 aliphatic rings. The van der Waals surface area contributed by atoms with Crippen molar-refractivity contribution in [2.75, 3.05) is 54.4 Å². The molecule has 2 aromatic carbocycles. The van der Waals surface area contributed by atoms with Gasteiger partial charge in [0.15, 0.2) is 12.5 Å². The van der Waals surface area contributed by atoms with Gasteiger partial charge < -0.3 is 15.1 Å². The standard InChI is InChI=1S/C21H23F3N4O/c22-21(23,24)16-4-3-5-17(14-16)27-11-8-26(9-12-27)10-13-28-19-7-2-1-6-18(19)25-20(28)15-29/h1-7,14-15,20,25H,8-13H2. The van der Waals surface area contributed by atoms with Crippen molar-refractivity contribution < 1.29 is 18.0 Å². The number of nitrogens with zero attached hydrogens (tertiary/aromatic N) is 3. The first-order chi connectivity index (χ1) is 14.0. The van der Waals surface area contributed by atoms with Crippen molar-refractivity contribution in [2.45, 2.75) is 12.3 Å². The van der Waals surface area contributed by atoms with Gasteiger partial charge >= 0.3 is 6.18 Å². The van der Waals surface area contributed by atoms with Crippen molar-refractivity contribution >= 4 is 23.3 Å². The SMILES string of the molecule is O=CC1Nc2ccccc2N1CCN1CCN(c2cccc(C(F)(F)F)c2)CC1. The molecule has 4 rings (SSSR count). The van der Waals surface area contributed by atoms with E-state index >= 15 is 0 Å². The predicted octanol–water partition coefficient (Wildman–Crippen LogP) is 3.28. The van der Waals surface area contributed by atoms with E-state index in [4.69, 9.17) is 0 Å². The third-order valence-corrected chi connectivity index (χ3v) is 5.55. The summed E-state index contributed by atoms with van der Waals surface area (Å²) in [6.45, 7) is 4.38. The topological polar surface area (TPSA) is 38.8 Å². The summed E-state index contributed by atoms with van der Waals surface area (Å²) in [5.74, 6) is 0. The molecule has 29 heavy (non-hydrogen) atoms. The molecule has 0 aliphatic carbocycles. The molecule has 1 N–H and O–H groups in total. The lowest BCUT2D eigenvalue weighted by Gasteiger charge is -2.37. The number of carbonyl (C=O) groups excluding carboxylic acids is 1. The van der Waals surface area contributed by atoms with Gasteiger partial charge in [-0.05, 0) is 30.3 Å². The summed E-state index contributed by atoms with van der Waals surface area (Å²) < 4.78 is 38.9. The van der Waals surface area contributed by atoms with Gasteiger partial charge in [-0.1, -0.05) is 18.2 Å². The zero-order valence-corrected chi connectivity index (χ0v) is 15.9. The molecule has 154 valence electrons. The van der Waals surface area contributed by atoms with Crippen LogP contribution in [0.2, 0.25) is 0 Å². The number of anilines is 3. The molecule has 0 bridgehead atoms. The van der Waals surface area contributed by atoms with Crippen LogP contribution in [-0.2, 0) is 11.0 Å². The quantitative estimate of drug-likeness (QED) is 0.775. The van der Waals surface area contributed by atoms with Gasteiger partial charge in [0, 0.05) is 45.0 Å². The summed E-state index contributed by atoms with van der Waals surface area (Å²) in [5, 5.41) is 3.21. The molecular weight excluding hydrogens is 381 g/mol. The molecule has 2 aliphatic heterocycles. The van der Waals surface area contributed by atoms with E-state index in [0.29, 0.717) is 25.3 Å². The third-order valence-electron chi connectivity index (χ3n) is 5.55. The van der Waals surface area contributed by atoms with Gasteiger partial charge in [0.25, 0.3) is 0 Å². The van der Waals surface area contributed by atoms with Crippen molar-refractivity contribution in [2.24, 2.45) is 0 Å². The molecule has 0 radical (unpaired) electrons. The van der Waals surface area contributed by atoms with Gasteiger partial charge in [-0.2, -0.15) is 13.2 Å². The highest BCUT2D eigenvalue weighted by atomic mass is 19.4. The fourth-order valence-electron chi connectivity index (χ4n) is 3.96. The fraction of sp³-hybridized carbons (Fsp3) is 0.381. The van der Waals surface area contributed by atoms with Crippen LogP contribution in [0.3, 0.4) is 0 Å². The number of piperazine rings is 1. The number of carbonyl (C=O) groups is 1. The Hall–Kier alpha value is -2.74. The average Bonchev–Trinajstić information content (AvgIpc) is 3.10. The summed E-state index contributed by atoms with van der Waals surface area (Å²) >= 11 is 0. The van der Waals surface area contributed by atoms with Crippen LogP contribution in [0.4, 0.5) is 30.2 Å². The van der Waals surface area contributed by atoms with Gasteiger partial charge in [-0.15, -0.1) is 0 Å². The van der Waals surface area contributed by atoms with Gasteiger partial charge in [-0.3, -0.25) is 9.69 Å². The molecular formula is C21H23F3N4O. The lowest BCUT2D eigenvalue weighted by Crippen LogP contribution is -2.49. The summed E-state index contributed by atoms with van der Waals surface area (Å²) in [7, 11) is 0. The van der Waals surface area contributed by atoms with Gasteiger partial charge in [0.1, 0.15) is 0 Å². The minimum absolute atomic E-state index is 0.362. The van der Waals surface area contributed by atoms with Crippen LogP contribution in [0, 0.1) is 0 Å². The molecule has 0 spiro atoms. The number of benzene rings is 2. The number of alkyl halides is 3. The summed E-state index contributed by atoms with van der Waals surface area (Å²) in [6, 6.07) is 13.4. The van der Waals surface area contributed by atoms with E-state index < -0.39 is 11.7 Å². The largest absolute Gasteiger partial charge is 0.416 e. The summed E-state index contributed by atoms with van der Waals surface area (Å²) in [5.41, 5.74) is 1.97. The maximum Gasteiger partial charge on any atom is 0.416 e. The molecule has 0 aromatic heterocycles. The molecule has 2 heterocycles. The number of halogens is 3. The van der Waals surface area contributed by atoms with Gasteiger partial charge in [0.05, 0.1) is 16.9 Å². The first-order valence-electron chi connectivity index (χ1n) is 9.68. The number of rotatable bonds is 5. The Morgan fingerprint density at radius 3 is 2.48 bits per heavy atom. The first-order valence-corrected chi connectivity index (χ1v) is 9.68. The van der Waals surface area contributed by atoms with E-state index in [-0.39, 0.29) is 6.17 Å². The van der Waals surface area contributed by atoms with Crippen LogP contribution in [0.15, 0.2) is 48.5 Å². The fourth-order valence-corrected chi connectivity index (χ4v) is 3.96. The Bertz CT molecular complexity index is 865. The van der Waals surface area contributed by atoms with E-state index in [1.807, 2.05) is 29.2 Å². The molecule has 0 amide bonds. The zero-order chi connectivity index (χ0) is 20.4. The van der Waals surface area contributed by atoms with E-state index in [9.17, 15) is 18.0 Å². The molecule has 2 aromatic rings. The highest BCUT2D eigenvalue weighted by Crippen LogP contribution is 2.34. The van der Waals surface area contributed by atoms with Crippen molar-refractivity contribution in [3.63, 3.8) is 0 Å². The van der Waals surface area contributed by atoms with E-state index in [1.54, 1.807) is 6.07 Å². The number of para-hydroxylation sites is 2. The lowest BCUT2D eigenvalue weighted by atomic mass is 10.1. The first kappa shape index (κ1) is 19.6. The second-order valence-electron chi connectivity index (χ2n) is 7.31. The van der Waals surface area contributed by atoms with Gasteiger partial charge in [-0.25, -0.2) is 0 Å². The molecule has 8 heteroatoms. The number of hydrogen-bond donors (Lipinski definition) is 1. The third kappa shape index (κ3) is 4.17. The van der Waals surface area contributed by atoms with Crippen LogP contribution >= 0.6 is 0 Å². The number of fused-ring (bicyclic) bond motifs is 1. The molecule has 1 atom stereocenters. The average molecular weight is 404 g/mol. The van der Waals surface area contributed by atoms with Crippen LogP contribution in [0.25, 0.3) is 0 Å². The second kappa shape index (κ2) is 7.94. The van der Waals surface area contributed by atoms with Gasteiger partial charge in [0.2, 0.25) is 0 Å². The molecule has 0 saturated carbocycles. The lowest BCUT2D eigenvalue weighted by molar-refractivity contribution is -0.137. The number of nitrogens with one attached hydrogen (secondary N) is 1. The van der Waals surface area contributed by atoms with Crippen molar-refractivity contribution in [3.8, 4) is 0 Å². The molecule has 1 saturated heterocycles. The van der Waals surface area contributed by atoms with Crippen molar-refractivity contribution in [1.29, 1.82) is 0 Å². The zero-order valence-electron chi connectivity index (χ0n) is 15.9. The highest BCUT2D eigenvalue weighted by molar-refractivity contribution is 5.84. The smallest absolute Gasteiger partial charge is 0.369 e. The minimum atomic E-state index is -4.33. The van der Waals surface area contributed by atoms with Crippen LogP contribution < -0.4 is 15.1 Å². The predicted molar refractivity (Wildman–Crippen MR) is 107 cm³/mol. The summed E-state index contributed by atoms with van der Waals surface area (Å²) in [6.07, 6.45) is -3.78. The van der Waals surface area contributed by atoms with E-state index in [2.05, 4.69) is 15.1 Å². The maximum absolute atomic E-state index is 13.0. The van der Waals surface area contributed by atoms with Crippen molar-refractivity contribution in [3.05, 3.63) is 54.1 Å². The van der Waals surface area contributed by atoms with Crippen LogP contribution in [-0.4, -0.2) is 56.6 Å². The van der Waals surface area contributed by atoms with Crippen molar-refractivity contribution in [1.82, 2.24) is 4.90 Å². The molecule has 5 nitrogen and oxygen atoms in total. The normalized spacial score (nSPS) is 19.8. The number of aldehydes is 1. The Morgan fingerprint density at radius 2 is 1.76 bits per heavy atom. The number of hydrogen-bond acceptors (Lipinski definition) is 5. The van der Waals surface area contributed by atoms with E-state index in [1.165, 1.54) is 12.1 Å². The second-order valence-corrected chi connectivity index (χ2v) is 7.31.